The van der Waals surface area contributed by atoms with Crippen molar-refractivity contribution in [3.05, 3.63) is 5.89 Å². The first-order valence-electron chi connectivity index (χ1n) is 4.90. The molecule has 0 saturated heterocycles. The van der Waals surface area contributed by atoms with Gasteiger partial charge in [0.05, 0.1) is 0 Å². The molecule has 14 heavy (non-hydrogen) atoms. The molecule has 0 spiro atoms. The number of alkyl halides is 1. The van der Waals surface area contributed by atoms with E-state index >= 15 is 0 Å². The van der Waals surface area contributed by atoms with Crippen LogP contribution in [-0.2, 0) is 5.88 Å². The zero-order chi connectivity index (χ0) is 10.0. The molecule has 0 amide bonds. The van der Waals surface area contributed by atoms with Crippen LogP contribution >= 0.6 is 11.6 Å². The first kappa shape index (κ1) is 9.77. The molecule has 4 nitrogen and oxygen atoms in total. The van der Waals surface area contributed by atoms with Gasteiger partial charge in [-0.25, -0.2) is 0 Å². The summed E-state index contributed by atoms with van der Waals surface area (Å²) in [5, 5.41) is 10.8. The molecule has 0 unspecified atom stereocenters. The molecule has 1 aliphatic carbocycles. The Balaban J connectivity index is 1.85. The molecule has 1 fully saturated rings. The molecule has 1 aliphatic rings. The lowest BCUT2D eigenvalue weighted by Crippen LogP contribution is -2.14. The molecule has 1 N–H and O–H groups in total. The molecule has 1 saturated carbocycles. The number of aromatic nitrogens is 2. The zero-order valence-electron chi connectivity index (χ0n) is 8.22. The number of nitrogens with zero attached hydrogens (tertiary/aromatic N) is 2. The highest BCUT2D eigenvalue weighted by Crippen LogP contribution is 2.48. The third-order valence-electron chi connectivity index (χ3n) is 2.90. The Hall–Kier alpha value is -0.770. The maximum absolute atomic E-state index is 5.55. The maximum atomic E-state index is 5.55. The molecule has 2 rings (SSSR count). The topological polar surface area (TPSA) is 51.0 Å². The van der Waals surface area contributed by atoms with Crippen molar-refractivity contribution in [3.8, 4) is 0 Å². The maximum Gasteiger partial charge on any atom is 0.315 e. The molecule has 0 bridgehead atoms. The van der Waals surface area contributed by atoms with Gasteiger partial charge in [0.25, 0.3) is 0 Å². The van der Waals surface area contributed by atoms with E-state index in [4.69, 9.17) is 16.0 Å². The Morgan fingerprint density at radius 2 is 2.29 bits per heavy atom. The molecule has 0 aromatic carbocycles. The number of anilines is 1. The third-order valence-corrected chi connectivity index (χ3v) is 3.13. The van der Waals surface area contributed by atoms with E-state index in [-0.39, 0.29) is 5.88 Å². The van der Waals surface area contributed by atoms with E-state index < -0.39 is 0 Å². The minimum Gasteiger partial charge on any atom is -0.407 e. The fourth-order valence-electron chi connectivity index (χ4n) is 1.47. The standard InChI is InChI=1S/C9H14ClN3O/c1-2-9(3-4-9)6-11-8-13-12-7(5-10)14-8/h2-6H2,1H3,(H,11,13). The summed E-state index contributed by atoms with van der Waals surface area (Å²) in [5.74, 6) is 0.739. The lowest BCUT2D eigenvalue weighted by Gasteiger charge is -2.10. The van der Waals surface area contributed by atoms with Crippen LogP contribution in [0.4, 0.5) is 6.01 Å². The van der Waals surface area contributed by atoms with Gasteiger partial charge >= 0.3 is 6.01 Å². The van der Waals surface area contributed by atoms with E-state index in [9.17, 15) is 0 Å². The Labute approximate surface area is 88.0 Å². The molecule has 1 aromatic rings. The monoisotopic (exact) mass is 215 g/mol. The van der Waals surface area contributed by atoms with Gasteiger partial charge in [-0.3, -0.25) is 0 Å². The number of hydrogen-bond acceptors (Lipinski definition) is 4. The number of hydrogen-bond donors (Lipinski definition) is 1. The van der Waals surface area contributed by atoms with Gasteiger partial charge in [0.1, 0.15) is 5.88 Å². The summed E-state index contributed by atoms with van der Waals surface area (Å²) < 4.78 is 5.24. The van der Waals surface area contributed by atoms with Crippen LogP contribution in [0.2, 0.25) is 0 Å². The Kier molecular flexibility index (Phi) is 2.63. The van der Waals surface area contributed by atoms with Gasteiger partial charge in [0.2, 0.25) is 5.89 Å². The predicted octanol–water partition coefficient (Wildman–Crippen LogP) is 2.41. The van der Waals surface area contributed by atoms with Crippen LogP contribution in [0.5, 0.6) is 0 Å². The van der Waals surface area contributed by atoms with Gasteiger partial charge in [-0.2, -0.15) is 0 Å². The van der Waals surface area contributed by atoms with Crippen molar-refractivity contribution in [2.75, 3.05) is 11.9 Å². The van der Waals surface area contributed by atoms with Crippen molar-refractivity contribution in [2.45, 2.75) is 32.1 Å². The molecular weight excluding hydrogens is 202 g/mol. The van der Waals surface area contributed by atoms with Crippen LogP contribution in [0.15, 0.2) is 4.42 Å². The Morgan fingerprint density at radius 1 is 1.50 bits per heavy atom. The average Bonchev–Trinajstić information content (AvgIpc) is 2.86. The van der Waals surface area contributed by atoms with Crippen molar-refractivity contribution in [1.29, 1.82) is 0 Å². The van der Waals surface area contributed by atoms with Gasteiger partial charge in [0, 0.05) is 6.54 Å². The van der Waals surface area contributed by atoms with Gasteiger partial charge in [-0.15, -0.1) is 16.7 Å². The van der Waals surface area contributed by atoms with Crippen molar-refractivity contribution in [3.63, 3.8) is 0 Å². The van der Waals surface area contributed by atoms with E-state index in [0.717, 1.165) is 6.54 Å². The van der Waals surface area contributed by atoms with Crippen LogP contribution in [0.3, 0.4) is 0 Å². The number of nitrogens with one attached hydrogen (secondary N) is 1. The summed E-state index contributed by atoms with van der Waals surface area (Å²) in [4.78, 5) is 0. The molecular formula is C9H14ClN3O. The minimum absolute atomic E-state index is 0.271. The second-order valence-electron chi connectivity index (χ2n) is 3.84. The zero-order valence-corrected chi connectivity index (χ0v) is 8.97. The number of rotatable bonds is 5. The Morgan fingerprint density at radius 3 is 2.79 bits per heavy atom. The van der Waals surface area contributed by atoms with Gasteiger partial charge in [-0.05, 0) is 24.7 Å². The predicted molar refractivity (Wildman–Crippen MR) is 54.3 cm³/mol. The van der Waals surface area contributed by atoms with Crippen molar-refractivity contribution in [2.24, 2.45) is 5.41 Å². The fraction of sp³-hybridized carbons (Fsp3) is 0.778. The van der Waals surface area contributed by atoms with E-state index in [2.05, 4.69) is 22.4 Å². The molecule has 0 radical (unpaired) electrons. The van der Waals surface area contributed by atoms with Crippen LogP contribution in [0, 0.1) is 5.41 Å². The largest absolute Gasteiger partial charge is 0.407 e. The third kappa shape index (κ3) is 2.00. The summed E-state index contributed by atoms with van der Waals surface area (Å²) in [6, 6.07) is 0.486. The first-order chi connectivity index (χ1) is 6.78. The molecule has 0 atom stereocenters. The highest BCUT2D eigenvalue weighted by Gasteiger charge is 2.40. The lowest BCUT2D eigenvalue weighted by molar-refractivity contribution is 0.489. The summed E-state index contributed by atoms with van der Waals surface area (Å²) in [6.07, 6.45) is 3.80. The van der Waals surface area contributed by atoms with Crippen LogP contribution in [0.25, 0.3) is 0 Å². The van der Waals surface area contributed by atoms with Crippen molar-refractivity contribution in [1.82, 2.24) is 10.2 Å². The molecule has 0 aliphatic heterocycles. The van der Waals surface area contributed by atoms with E-state index in [1.807, 2.05) is 0 Å². The average molecular weight is 216 g/mol. The number of halogens is 1. The molecule has 5 heteroatoms. The van der Waals surface area contributed by atoms with Gasteiger partial charge < -0.3 is 9.73 Å². The van der Waals surface area contributed by atoms with Crippen LogP contribution in [0.1, 0.15) is 32.1 Å². The molecule has 78 valence electrons. The van der Waals surface area contributed by atoms with Crippen LogP contribution < -0.4 is 5.32 Å². The summed E-state index contributed by atoms with van der Waals surface area (Å²) >= 11 is 5.55. The lowest BCUT2D eigenvalue weighted by atomic mass is 10.0. The van der Waals surface area contributed by atoms with Crippen molar-refractivity contribution < 1.29 is 4.42 Å². The summed E-state index contributed by atoms with van der Waals surface area (Å²) in [5.41, 5.74) is 0.482. The van der Waals surface area contributed by atoms with Gasteiger partial charge in [-0.1, -0.05) is 12.0 Å². The highest BCUT2D eigenvalue weighted by atomic mass is 35.5. The quantitative estimate of drug-likeness (QED) is 0.767. The Bertz CT molecular complexity index is 309. The second-order valence-corrected chi connectivity index (χ2v) is 4.11. The minimum atomic E-state index is 0.271. The first-order valence-corrected chi connectivity index (χ1v) is 5.44. The fourth-order valence-corrected chi connectivity index (χ4v) is 1.58. The summed E-state index contributed by atoms with van der Waals surface area (Å²) in [6.45, 7) is 3.14. The van der Waals surface area contributed by atoms with Crippen molar-refractivity contribution >= 4 is 17.6 Å². The van der Waals surface area contributed by atoms with E-state index in [1.54, 1.807) is 0 Å². The smallest absolute Gasteiger partial charge is 0.315 e. The summed E-state index contributed by atoms with van der Waals surface area (Å²) in [7, 11) is 0. The second kappa shape index (κ2) is 3.77. The van der Waals surface area contributed by atoms with E-state index in [1.165, 1.54) is 19.3 Å². The molecule has 1 heterocycles. The normalized spacial score (nSPS) is 18.1. The van der Waals surface area contributed by atoms with Gasteiger partial charge in [0.15, 0.2) is 0 Å². The molecule has 1 aromatic heterocycles. The SMILES string of the molecule is CCC1(CNc2nnc(CCl)o2)CC1. The van der Waals surface area contributed by atoms with E-state index in [0.29, 0.717) is 17.3 Å². The highest BCUT2D eigenvalue weighted by molar-refractivity contribution is 6.16. The van der Waals surface area contributed by atoms with Crippen LogP contribution in [-0.4, -0.2) is 16.7 Å².